The predicted molar refractivity (Wildman–Crippen MR) is 62.8 cm³/mol. The van der Waals surface area contributed by atoms with E-state index >= 15 is 0 Å². The highest BCUT2D eigenvalue weighted by atomic mass is 32.2. The van der Waals surface area contributed by atoms with Gasteiger partial charge in [-0.1, -0.05) is 25.1 Å². The lowest BCUT2D eigenvalue weighted by Crippen LogP contribution is -2.12. The molecule has 2 rings (SSSR count). The maximum atomic E-state index is 10.5. The number of thioether (sulfide) groups is 1. The van der Waals surface area contributed by atoms with Crippen molar-refractivity contribution >= 4 is 17.7 Å². The molecule has 0 amide bonds. The van der Waals surface area contributed by atoms with E-state index in [1.54, 1.807) is 0 Å². The number of carbonyl (C=O) groups is 1. The van der Waals surface area contributed by atoms with Gasteiger partial charge in [-0.2, -0.15) is 0 Å². The first-order valence-corrected chi connectivity index (χ1v) is 6.60. The van der Waals surface area contributed by atoms with Crippen molar-refractivity contribution in [2.24, 2.45) is 5.92 Å². The summed E-state index contributed by atoms with van der Waals surface area (Å²) in [6, 6.07) is 0. The molecular weight excluding hydrogens is 224 g/mol. The first kappa shape index (κ1) is 11.5. The second-order valence-electron chi connectivity index (χ2n) is 4.17. The van der Waals surface area contributed by atoms with Crippen LogP contribution in [0.4, 0.5) is 0 Å². The number of H-pyrrole nitrogens is 1. The predicted octanol–water partition coefficient (Wildman–Crippen LogP) is 2.10. The summed E-state index contributed by atoms with van der Waals surface area (Å²) in [7, 11) is 0. The summed E-state index contributed by atoms with van der Waals surface area (Å²) >= 11 is 1.26. The van der Waals surface area contributed by atoms with Crippen LogP contribution in [0.3, 0.4) is 0 Å². The average Bonchev–Trinajstić information content (AvgIpc) is 2.67. The van der Waals surface area contributed by atoms with Gasteiger partial charge >= 0.3 is 5.97 Å². The minimum atomic E-state index is -0.800. The summed E-state index contributed by atoms with van der Waals surface area (Å²) in [5.41, 5.74) is 2.35. The molecule has 88 valence electrons. The first-order chi connectivity index (χ1) is 7.69. The molecule has 1 aromatic heterocycles. The van der Waals surface area contributed by atoms with E-state index < -0.39 is 5.97 Å². The van der Waals surface area contributed by atoms with E-state index in [4.69, 9.17) is 5.11 Å². The Labute approximate surface area is 98.9 Å². The van der Waals surface area contributed by atoms with Crippen LogP contribution in [0.2, 0.25) is 0 Å². The number of nitrogens with zero attached hydrogens (tertiary/aromatic N) is 1. The third-order valence-electron chi connectivity index (χ3n) is 3.03. The van der Waals surface area contributed by atoms with Crippen molar-refractivity contribution in [3.63, 3.8) is 0 Å². The van der Waals surface area contributed by atoms with Crippen LogP contribution >= 0.6 is 11.8 Å². The Kier molecular flexibility index (Phi) is 3.53. The van der Waals surface area contributed by atoms with Crippen LogP contribution in [0.15, 0.2) is 5.16 Å². The van der Waals surface area contributed by atoms with Gasteiger partial charge in [0.05, 0.1) is 11.4 Å². The monoisotopic (exact) mass is 240 g/mol. The molecule has 0 aliphatic heterocycles. The zero-order chi connectivity index (χ0) is 11.5. The maximum Gasteiger partial charge on any atom is 0.313 e. The number of aliphatic carboxylic acids is 1. The largest absolute Gasteiger partial charge is 0.481 e. The van der Waals surface area contributed by atoms with E-state index in [9.17, 15) is 4.79 Å². The number of carboxylic acids is 1. The SMILES string of the molecule is CCC1CCc2nc(SCC(=O)O)[nH]c2C1. The quantitative estimate of drug-likeness (QED) is 0.791. The molecule has 1 heterocycles. The second kappa shape index (κ2) is 4.91. The molecule has 0 saturated heterocycles. The Bertz CT molecular complexity index is 389. The average molecular weight is 240 g/mol. The standard InChI is InChI=1S/C11H16N2O2S/c1-2-7-3-4-8-9(5-7)13-11(12-8)16-6-10(14)15/h7H,2-6H2,1H3,(H,12,13)(H,14,15). The minimum Gasteiger partial charge on any atom is -0.481 e. The molecule has 1 aliphatic rings. The zero-order valence-corrected chi connectivity index (χ0v) is 10.1. The number of rotatable bonds is 4. The van der Waals surface area contributed by atoms with Gasteiger partial charge < -0.3 is 10.1 Å². The lowest BCUT2D eigenvalue weighted by Gasteiger charge is -2.18. The van der Waals surface area contributed by atoms with Crippen LogP contribution in [0.5, 0.6) is 0 Å². The van der Waals surface area contributed by atoms with Crippen molar-refractivity contribution in [2.45, 2.75) is 37.8 Å². The Morgan fingerprint density at radius 2 is 2.50 bits per heavy atom. The van der Waals surface area contributed by atoms with Crippen molar-refractivity contribution in [1.29, 1.82) is 0 Å². The van der Waals surface area contributed by atoms with Crippen LogP contribution in [0.1, 0.15) is 31.2 Å². The van der Waals surface area contributed by atoms with E-state index in [0.717, 1.165) is 29.6 Å². The highest BCUT2D eigenvalue weighted by Gasteiger charge is 2.21. The lowest BCUT2D eigenvalue weighted by atomic mass is 9.88. The molecule has 0 saturated carbocycles. The van der Waals surface area contributed by atoms with Gasteiger partial charge in [0.1, 0.15) is 0 Å². The van der Waals surface area contributed by atoms with Crippen LogP contribution in [-0.4, -0.2) is 26.8 Å². The van der Waals surface area contributed by atoms with Crippen LogP contribution < -0.4 is 0 Å². The van der Waals surface area contributed by atoms with Gasteiger partial charge in [0.2, 0.25) is 0 Å². The van der Waals surface area contributed by atoms with Gasteiger partial charge in [-0.25, -0.2) is 4.98 Å². The minimum absolute atomic E-state index is 0.0730. The van der Waals surface area contributed by atoms with Crippen LogP contribution in [0, 0.1) is 5.92 Å². The summed E-state index contributed by atoms with van der Waals surface area (Å²) in [6.07, 6.45) is 4.50. The third kappa shape index (κ3) is 2.58. The number of aromatic amines is 1. The summed E-state index contributed by atoms with van der Waals surface area (Å²) in [5, 5.41) is 9.35. The van der Waals surface area contributed by atoms with Crippen LogP contribution in [-0.2, 0) is 17.6 Å². The van der Waals surface area contributed by atoms with E-state index in [2.05, 4.69) is 16.9 Å². The summed E-state index contributed by atoms with van der Waals surface area (Å²) < 4.78 is 0. The van der Waals surface area contributed by atoms with Crippen molar-refractivity contribution in [1.82, 2.24) is 9.97 Å². The van der Waals surface area contributed by atoms with Crippen molar-refractivity contribution in [3.8, 4) is 0 Å². The zero-order valence-electron chi connectivity index (χ0n) is 9.32. The fourth-order valence-electron chi connectivity index (χ4n) is 2.07. The first-order valence-electron chi connectivity index (χ1n) is 5.61. The normalized spacial score (nSPS) is 19.4. The number of carboxylic acid groups (broad SMARTS) is 1. The number of fused-ring (bicyclic) bond motifs is 1. The van der Waals surface area contributed by atoms with Gasteiger partial charge in [-0.15, -0.1) is 0 Å². The van der Waals surface area contributed by atoms with E-state index in [-0.39, 0.29) is 5.75 Å². The summed E-state index contributed by atoms with van der Waals surface area (Å²) in [6.45, 7) is 2.21. The molecule has 1 aliphatic carbocycles. The number of hydrogen-bond donors (Lipinski definition) is 2. The highest BCUT2D eigenvalue weighted by Crippen LogP contribution is 2.28. The number of aromatic nitrogens is 2. The number of hydrogen-bond acceptors (Lipinski definition) is 3. The van der Waals surface area contributed by atoms with Crippen molar-refractivity contribution in [3.05, 3.63) is 11.4 Å². The van der Waals surface area contributed by atoms with Gasteiger partial charge in [0.15, 0.2) is 5.16 Å². The van der Waals surface area contributed by atoms with Crippen molar-refractivity contribution in [2.75, 3.05) is 5.75 Å². The number of aryl methyl sites for hydroxylation is 1. The van der Waals surface area contributed by atoms with Crippen molar-refractivity contribution < 1.29 is 9.90 Å². The third-order valence-corrected chi connectivity index (χ3v) is 3.89. The fraction of sp³-hybridized carbons (Fsp3) is 0.636. The topological polar surface area (TPSA) is 66.0 Å². The number of nitrogens with one attached hydrogen (secondary N) is 1. The Balaban J connectivity index is 2.03. The molecule has 2 N–H and O–H groups in total. The molecule has 5 heteroatoms. The smallest absolute Gasteiger partial charge is 0.313 e. The Morgan fingerprint density at radius 1 is 1.69 bits per heavy atom. The second-order valence-corrected chi connectivity index (χ2v) is 5.13. The molecule has 4 nitrogen and oxygen atoms in total. The molecule has 1 aromatic rings. The maximum absolute atomic E-state index is 10.5. The molecule has 0 radical (unpaired) electrons. The molecule has 1 unspecified atom stereocenters. The Hall–Kier alpha value is -0.970. The van der Waals surface area contributed by atoms with E-state index in [0.29, 0.717) is 0 Å². The summed E-state index contributed by atoms with van der Waals surface area (Å²) in [5.74, 6) is 0.0277. The molecule has 0 fully saturated rings. The van der Waals surface area contributed by atoms with Crippen LogP contribution in [0.25, 0.3) is 0 Å². The van der Waals surface area contributed by atoms with Gasteiger partial charge in [0.25, 0.3) is 0 Å². The van der Waals surface area contributed by atoms with Gasteiger partial charge in [-0.05, 0) is 25.2 Å². The molecule has 0 spiro atoms. The molecule has 0 bridgehead atoms. The number of imidazole rings is 1. The Morgan fingerprint density at radius 3 is 3.19 bits per heavy atom. The highest BCUT2D eigenvalue weighted by molar-refractivity contribution is 7.99. The van der Waals surface area contributed by atoms with Gasteiger partial charge in [-0.3, -0.25) is 4.79 Å². The molecule has 1 atom stereocenters. The van der Waals surface area contributed by atoms with Gasteiger partial charge in [0, 0.05) is 5.69 Å². The molecular formula is C11H16N2O2S. The van der Waals surface area contributed by atoms with E-state index in [1.165, 1.54) is 30.3 Å². The van der Waals surface area contributed by atoms with E-state index in [1.807, 2.05) is 0 Å². The molecule has 16 heavy (non-hydrogen) atoms. The summed E-state index contributed by atoms with van der Waals surface area (Å²) in [4.78, 5) is 18.1. The lowest BCUT2D eigenvalue weighted by molar-refractivity contribution is -0.133. The fourth-order valence-corrected chi connectivity index (χ4v) is 2.70. The molecule has 0 aromatic carbocycles.